The van der Waals surface area contributed by atoms with Gasteiger partial charge in [-0.25, -0.2) is 4.79 Å². The summed E-state index contributed by atoms with van der Waals surface area (Å²) < 4.78 is 16.5. The van der Waals surface area contributed by atoms with E-state index in [1.807, 2.05) is 18.2 Å². The Labute approximate surface area is 99.5 Å². The quantitative estimate of drug-likeness (QED) is 0.725. The third-order valence-electron chi connectivity index (χ3n) is 3.19. The normalized spacial score (nSPS) is 31.2. The summed E-state index contributed by atoms with van der Waals surface area (Å²) in [6.45, 7) is 1.13. The number of esters is 1. The molecule has 0 radical (unpaired) electrons. The summed E-state index contributed by atoms with van der Waals surface area (Å²) in [5.41, 5.74) is 0.564. The van der Waals surface area contributed by atoms with Crippen LogP contribution in [0.3, 0.4) is 0 Å². The maximum absolute atomic E-state index is 11.9. The molecule has 90 valence electrons. The van der Waals surface area contributed by atoms with Crippen molar-refractivity contribution in [3.05, 3.63) is 35.9 Å². The summed E-state index contributed by atoms with van der Waals surface area (Å²) in [6.07, 6.45) is 0.644. The van der Waals surface area contributed by atoms with Gasteiger partial charge in [-0.1, -0.05) is 18.2 Å². The van der Waals surface area contributed by atoms with E-state index in [0.717, 1.165) is 6.42 Å². The van der Waals surface area contributed by atoms with E-state index in [4.69, 9.17) is 14.2 Å². The molecule has 1 unspecified atom stereocenters. The highest BCUT2D eigenvalue weighted by molar-refractivity contribution is 5.89. The zero-order chi connectivity index (χ0) is 11.7. The van der Waals surface area contributed by atoms with Crippen LogP contribution in [0.5, 0.6) is 0 Å². The number of rotatable bonds is 2. The van der Waals surface area contributed by atoms with Gasteiger partial charge in [-0.15, -0.1) is 0 Å². The Kier molecular flexibility index (Phi) is 2.82. The number of hydrogen-bond acceptors (Lipinski definition) is 4. The van der Waals surface area contributed by atoms with Crippen molar-refractivity contribution in [2.75, 3.05) is 13.2 Å². The molecule has 1 aromatic rings. The molecule has 2 aliphatic rings. The lowest BCUT2D eigenvalue weighted by molar-refractivity contribution is -0.0148. The fourth-order valence-electron chi connectivity index (χ4n) is 2.31. The average molecular weight is 234 g/mol. The van der Waals surface area contributed by atoms with Gasteiger partial charge in [0.05, 0.1) is 18.3 Å². The van der Waals surface area contributed by atoms with Crippen molar-refractivity contribution in [3.63, 3.8) is 0 Å². The van der Waals surface area contributed by atoms with Crippen LogP contribution in [-0.2, 0) is 14.2 Å². The molecule has 0 aromatic heterocycles. The van der Waals surface area contributed by atoms with Gasteiger partial charge in [-0.3, -0.25) is 0 Å². The van der Waals surface area contributed by atoms with Crippen molar-refractivity contribution < 1.29 is 19.0 Å². The molecular formula is C13H14O4. The first kappa shape index (κ1) is 10.7. The monoisotopic (exact) mass is 234 g/mol. The molecule has 1 aromatic carbocycles. The topological polar surface area (TPSA) is 44.8 Å². The van der Waals surface area contributed by atoms with E-state index in [1.54, 1.807) is 12.1 Å². The number of carbonyl (C=O) groups excluding carboxylic acids is 1. The summed E-state index contributed by atoms with van der Waals surface area (Å²) in [5, 5.41) is 0. The van der Waals surface area contributed by atoms with Gasteiger partial charge in [-0.2, -0.15) is 0 Å². The van der Waals surface area contributed by atoms with Gasteiger partial charge >= 0.3 is 5.97 Å². The van der Waals surface area contributed by atoms with Crippen molar-refractivity contribution in [2.45, 2.75) is 24.7 Å². The van der Waals surface area contributed by atoms with E-state index in [-0.39, 0.29) is 24.3 Å². The van der Waals surface area contributed by atoms with Gasteiger partial charge in [0.15, 0.2) is 6.10 Å². The van der Waals surface area contributed by atoms with Crippen molar-refractivity contribution in [1.82, 2.24) is 0 Å². The highest BCUT2D eigenvalue weighted by atomic mass is 16.6. The van der Waals surface area contributed by atoms with Crippen LogP contribution in [0.4, 0.5) is 0 Å². The Bertz CT molecular complexity index is 403. The SMILES string of the molecule is O=C(OC1CO[C@@H]2CCO[C@H]12)c1ccccc1. The summed E-state index contributed by atoms with van der Waals surface area (Å²) >= 11 is 0. The minimum absolute atomic E-state index is 0.0809. The highest BCUT2D eigenvalue weighted by Crippen LogP contribution is 2.28. The molecule has 17 heavy (non-hydrogen) atoms. The molecule has 3 rings (SSSR count). The Morgan fingerprint density at radius 3 is 2.88 bits per heavy atom. The van der Waals surface area contributed by atoms with Crippen molar-refractivity contribution in [3.8, 4) is 0 Å². The maximum Gasteiger partial charge on any atom is 0.338 e. The predicted molar refractivity (Wildman–Crippen MR) is 59.7 cm³/mol. The maximum atomic E-state index is 11.9. The number of hydrogen-bond donors (Lipinski definition) is 0. The number of carbonyl (C=O) groups is 1. The van der Waals surface area contributed by atoms with Gasteiger partial charge in [-0.05, 0) is 18.6 Å². The standard InChI is InChI=1S/C13H14O4/c14-13(9-4-2-1-3-5-9)17-11-8-16-10-6-7-15-12(10)11/h1-5,10-12H,6-8H2/t10-,11?,12+/m1/s1. The first-order valence-electron chi connectivity index (χ1n) is 5.84. The van der Waals surface area contributed by atoms with E-state index in [9.17, 15) is 4.79 Å². The lowest BCUT2D eigenvalue weighted by Gasteiger charge is -2.16. The zero-order valence-electron chi connectivity index (χ0n) is 9.37. The molecule has 0 aliphatic carbocycles. The molecule has 0 N–H and O–H groups in total. The second-order valence-electron chi connectivity index (χ2n) is 4.31. The molecular weight excluding hydrogens is 220 g/mol. The number of ether oxygens (including phenoxy) is 3. The van der Waals surface area contributed by atoms with Crippen LogP contribution in [0.25, 0.3) is 0 Å². The summed E-state index contributed by atoms with van der Waals surface area (Å²) in [4.78, 5) is 11.9. The molecule has 0 amide bonds. The smallest absolute Gasteiger partial charge is 0.338 e. The van der Waals surface area contributed by atoms with Crippen LogP contribution < -0.4 is 0 Å². The van der Waals surface area contributed by atoms with E-state index in [2.05, 4.69) is 0 Å². The lowest BCUT2D eigenvalue weighted by atomic mass is 10.1. The Morgan fingerprint density at radius 1 is 1.24 bits per heavy atom. The van der Waals surface area contributed by atoms with Crippen molar-refractivity contribution in [1.29, 1.82) is 0 Å². The molecule has 4 heteroatoms. The van der Waals surface area contributed by atoms with E-state index in [1.165, 1.54) is 0 Å². The summed E-state index contributed by atoms with van der Waals surface area (Å²) in [5.74, 6) is -0.310. The van der Waals surface area contributed by atoms with Crippen LogP contribution >= 0.6 is 0 Å². The molecule has 0 spiro atoms. The van der Waals surface area contributed by atoms with Crippen LogP contribution in [0.15, 0.2) is 30.3 Å². The minimum Gasteiger partial charge on any atom is -0.453 e. The van der Waals surface area contributed by atoms with Crippen LogP contribution in [0.2, 0.25) is 0 Å². The summed E-state index contributed by atoms with van der Waals surface area (Å²) in [7, 11) is 0. The first-order valence-corrected chi connectivity index (χ1v) is 5.84. The van der Waals surface area contributed by atoms with Crippen molar-refractivity contribution in [2.24, 2.45) is 0 Å². The molecule has 2 saturated heterocycles. The van der Waals surface area contributed by atoms with Gasteiger partial charge in [0.2, 0.25) is 0 Å². The van der Waals surface area contributed by atoms with Crippen LogP contribution in [0.1, 0.15) is 16.8 Å². The Hall–Kier alpha value is -1.39. The van der Waals surface area contributed by atoms with Gasteiger partial charge < -0.3 is 14.2 Å². The van der Waals surface area contributed by atoms with Crippen LogP contribution in [0, 0.1) is 0 Å². The van der Waals surface area contributed by atoms with Crippen LogP contribution in [-0.4, -0.2) is 37.5 Å². The van der Waals surface area contributed by atoms with Gasteiger partial charge in [0.1, 0.15) is 6.10 Å². The molecule has 2 aliphatic heterocycles. The second-order valence-corrected chi connectivity index (χ2v) is 4.31. The van der Waals surface area contributed by atoms with E-state index >= 15 is 0 Å². The van der Waals surface area contributed by atoms with Gasteiger partial charge in [0.25, 0.3) is 0 Å². The lowest BCUT2D eigenvalue weighted by Crippen LogP contribution is -2.32. The molecule has 2 fully saturated rings. The first-order chi connectivity index (χ1) is 8.34. The zero-order valence-corrected chi connectivity index (χ0v) is 9.37. The molecule has 3 atom stereocenters. The highest BCUT2D eigenvalue weighted by Gasteiger charge is 2.44. The third kappa shape index (κ3) is 2.06. The fourth-order valence-corrected chi connectivity index (χ4v) is 2.31. The largest absolute Gasteiger partial charge is 0.453 e. The molecule has 0 bridgehead atoms. The van der Waals surface area contributed by atoms with Crippen molar-refractivity contribution >= 4 is 5.97 Å². The molecule has 0 saturated carbocycles. The van der Waals surface area contributed by atoms with E-state index < -0.39 is 0 Å². The Morgan fingerprint density at radius 2 is 2.06 bits per heavy atom. The fraction of sp³-hybridized carbons (Fsp3) is 0.462. The Balaban J connectivity index is 1.66. The second kappa shape index (κ2) is 4.47. The predicted octanol–water partition coefficient (Wildman–Crippen LogP) is 1.40. The number of benzene rings is 1. The minimum atomic E-state index is -0.310. The molecule has 4 nitrogen and oxygen atoms in total. The van der Waals surface area contributed by atoms with Gasteiger partial charge in [0, 0.05) is 6.61 Å². The average Bonchev–Trinajstić information content (AvgIpc) is 2.95. The van der Waals surface area contributed by atoms with E-state index in [0.29, 0.717) is 18.8 Å². The molecule has 2 heterocycles. The summed E-state index contributed by atoms with van der Waals surface area (Å²) in [6, 6.07) is 8.98. The third-order valence-corrected chi connectivity index (χ3v) is 3.19. The number of fused-ring (bicyclic) bond motifs is 1.